The van der Waals surface area contributed by atoms with E-state index in [1.54, 1.807) is 0 Å². The second kappa shape index (κ2) is 9.71. The standard InChI is InChI=1S/C26H38OSi/c1-21(2)18-19-24(20-27-28(6,7)26(3,4)5)25(22-14-10-8-11-15-22)23-16-12-9-13-17-23/h8-17,19,21,25H,18,20H2,1-7H3/b24-19-. The molecule has 28 heavy (non-hydrogen) atoms. The van der Waals surface area contributed by atoms with Gasteiger partial charge in [0.2, 0.25) is 0 Å². The lowest BCUT2D eigenvalue weighted by atomic mass is 9.84. The van der Waals surface area contributed by atoms with Gasteiger partial charge in [-0.3, -0.25) is 0 Å². The lowest BCUT2D eigenvalue weighted by Gasteiger charge is -2.37. The highest BCUT2D eigenvalue weighted by Gasteiger charge is 2.37. The van der Waals surface area contributed by atoms with E-state index < -0.39 is 8.32 Å². The summed E-state index contributed by atoms with van der Waals surface area (Å²) in [4.78, 5) is 0. The Morgan fingerprint density at radius 2 is 1.36 bits per heavy atom. The summed E-state index contributed by atoms with van der Waals surface area (Å²) in [7, 11) is -1.81. The van der Waals surface area contributed by atoms with E-state index in [0.29, 0.717) is 12.5 Å². The summed E-state index contributed by atoms with van der Waals surface area (Å²) in [5.74, 6) is 0.876. The van der Waals surface area contributed by atoms with Gasteiger partial charge in [0.25, 0.3) is 0 Å². The summed E-state index contributed by atoms with van der Waals surface area (Å²) >= 11 is 0. The van der Waals surface area contributed by atoms with Crippen molar-refractivity contribution in [1.29, 1.82) is 0 Å². The van der Waals surface area contributed by atoms with Gasteiger partial charge in [-0.1, -0.05) is 101 Å². The summed E-state index contributed by atoms with van der Waals surface area (Å²) in [5, 5.41) is 0.213. The van der Waals surface area contributed by atoms with E-state index in [-0.39, 0.29) is 11.0 Å². The van der Waals surface area contributed by atoms with E-state index in [1.807, 2.05) is 0 Å². The van der Waals surface area contributed by atoms with Gasteiger partial charge in [-0.05, 0) is 47.2 Å². The molecule has 0 aliphatic carbocycles. The van der Waals surface area contributed by atoms with Crippen LogP contribution >= 0.6 is 0 Å². The van der Waals surface area contributed by atoms with Crippen molar-refractivity contribution in [2.45, 2.75) is 65.1 Å². The first-order chi connectivity index (χ1) is 13.1. The molecule has 0 N–H and O–H groups in total. The fourth-order valence-corrected chi connectivity index (χ4v) is 4.00. The number of allylic oxidation sites excluding steroid dienone is 1. The first kappa shape index (κ1) is 22.6. The first-order valence-electron chi connectivity index (χ1n) is 10.5. The van der Waals surface area contributed by atoms with Gasteiger partial charge in [0.05, 0.1) is 6.61 Å². The summed E-state index contributed by atoms with van der Waals surface area (Å²) in [5.41, 5.74) is 4.06. The Bertz CT molecular complexity index is 700. The Labute approximate surface area is 174 Å². The fraction of sp³-hybridized carbons (Fsp3) is 0.462. The van der Waals surface area contributed by atoms with Crippen LogP contribution in [0.25, 0.3) is 0 Å². The van der Waals surface area contributed by atoms with E-state index in [4.69, 9.17) is 4.43 Å². The van der Waals surface area contributed by atoms with E-state index in [2.05, 4.69) is 114 Å². The Morgan fingerprint density at radius 3 is 1.75 bits per heavy atom. The van der Waals surface area contributed by atoms with Crippen molar-refractivity contribution in [1.82, 2.24) is 0 Å². The molecule has 2 rings (SSSR count). The Morgan fingerprint density at radius 1 is 0.893 bits per heavy atom. The maximum Gasteiger partial charge on any atom is 0.192 e. The monoisotopic (exact) mass is 394 g/mol. The minimum atomic E-state index is -1.81. The van der Waals surface area contributed by atoms with Crippen LogP contribution in [-0.4, -0.2) is 14.9 Å². The normalized spacial score (nSPS) is 13.4. The van der Waals surface area contributed by atoms with Crippen LogP contribution in [0.5, 0.6) is 0 Å². The molecule has 0 atom stereocenters. The SMILES string of the molecule is CC(C)C/C=C(/CO[Si](C)(C)C(C)(C)C)C(c1ccccc1)c1ccccc1. The Balaban J connectivity index is 2.44. The first-order valence-corrected chi connectivity index (χ1v) is 13.5. The van der Waals surface area contributed by atoms with Crippen LogP contribution in [0.15, 0.2) is 72.3 Å². The van der Waals surface area contributed by atoms with Crippen molar-refractivity contribution in [3.8, 4) is 0 Å². The van der Waals surface area contributed by atoms with Crippen LogP contribution in [0.3, 0.4) is 0 Å². The zero-order valence-corrected chi connectivity index (χ0v) is 19.8. The van der Waals surface area contributed by atoms with Crippen molar-refractivity contribution in [2.24, 2.45) is 5.92 Å². The largest absolute Gasteiger partial charge is 0.413 e. The molecule has 0 aliphatic rings. The lowest BCUT2D eigenvalue weighted by molar-refractivity contribution is 0.313. The van der Waals surface area contributed by atoms with Gasteiger partial charge in [0.1, 0.15) is 0 Å². The molecule has 0 saturated heterocycles. The van der Waals surface area contributed by atoms with Crippen LogP contribution in [-0.2, 0) is 4.43 Å². The van der Waals surface area contributed by atoms with Crippen molar-refractivity contribution in [3.63, 3.8) is 0 Å². The van der Waals surface area contributed by atoms with Gasteiger partial charge >= 0.3 is 0 Å². The molecule has 0 fully saturated rings. The third-order valence-corrected chi connectivity index (χ3v) is 10.4. The highest BCUT2D eigenvalue weighted by molar-refractivity contribution is 6.74. The van der Waals surface area contributed by atoms with Crippen molar-refractivity contribution in [2.75, 3.05) is 6.61 Å². The fourth-order valence-electron chi connectivity index (χ4n) is 3.04. The van der Waals surface area contributed by atoms with E-state index in [0.717, 1.165) is 6.42 Å². The molecule has 2 aromatic carbocycles. The Hall–Kier alpha value is -1.64. The highest BCUT2D eigenvalue weighted by atomic mass is 28.4. The average Bonchev–Trinajstić information content (AvgIpc) is 2.64. The molecule has 0 spiro atoms. The molecule has 152 valence electrons. The number of rotatable bonds is 8. The highest BCUT2D eigenvalue weighted by Crippen LogP contribution is 2.39. The van der Waals surface area contributed by atoms with Crippen LogP contribution in [0.4, 0.5) is 0 Å². The smallest absolute Gasteiger partial charge is 0.192 e. The third kappa shape index (κ3) is 6.18. The zero-order valence-electron chi connectivity index (χ0n) is 18.8. The molecule has 2 aromatic rings. The van der Waals surface area contributed by atoms with Gasteiger partial charge in [-0.25, -0.2) is 0 Å². The predicted molar refractivity (Wildman–Crippen MR) is 125 cm³/mol. The average molecular weight is 395 g/mol. The zero-order chi connectivity index (χ0) is 20.8. The predicted octanol–water partition coefficient (Wildman–Crippen LogP) is 7.81. The quantitative estimate of drug-likeness (QED) is 0.327. The summed E-state index contributed by atoms with van der Waals surface area (Å²) < 4.78 is 6.68. The molecule has 0 radical (unpaired) electrons. The van der Waals surface area contributed by atoms with E-state index in [9.17, 15) is 0 Å². The van der Waals surface area contributed by atoms with Gasteiger partial charge in [-0.15, -0.1) is 0 Å². The number of hydrogen-bond acceptors (Lipinski definition) is 1. The van der Waals surface area contributed by atoms with Gasteiger partial charge < -0.3 is 4.43 Å². The van der Waals surface area contributed by atoms with Crippen molar-refractivity contribution in [3.05, 3.63) is 83.4 Å². The van der Waals surface area contributed by atoms with Gasteiger partial charge in [0.15, 0.2) is 8.32 Å². The molecule has 2 heteroatoms. The number of benzene rings is 2. The molecule has 0 heterocycles. The van der Waals surface area contributed by atoms with Gasteiger partial charge in [0, 0.05) is 5.92 Å². The van der Waals surface area contributed by atoms with Gasteiger partial charge in [-0.2, -0.15) is 0 Å². The molecule has 0 bridgehead atoms. The lowest BCUT2D eigenvalue weighted by Crippen LogP contribution is -2.41. The maximum absolute atomic E-state index is 6.68. The Kier molecular flexibility index (Phi) is 7.85. The second-order valence-electron chi connectivity index (χ2n) is 9.71. The van der Waals surface area contributed by atoms with Crippen molar-refractivity contribution >= 4 is 8.32 Å². The maximum atomic E-state index is 6.68. The molecular weight excluding hydrogens is 356 g/mol. The molecule has 0 aromatic heterocycles. The minimum Gasteiger partial charge on any atom is -0.413 e. The summed E-state index contributed by atoms with van der Waals surface area (Å²) in [6, 6.07) is 21.7. The molecule has 1 nitrogen and oxygen atoms in total. The van der Waals surface area contributed by atoms with Crippen LogP contribution in [0, 0.1) is 5.92 Å². The van der Waals surface area contributed by atoms with E-state index in [1.165, 1.54) is 16.7 Å². The van der Waals surface area contributed by atoms with Crippen LogP contribution in [0.1, 0.15) is 58.1 Å². The topological polar surface area (TPSA) is 9.23 Å². The van der Waals surface area contributed by atoms with Crippen LogP contribution < -0.4 is 0 Å². The molecule has 0 unspecified atom stereocenters. The van der Waals surface area contributed by atoms with Crippen LogP contribution in [0.2, 0.25) is 18.1 Å². The van der Waals surface area contributed by atoms with Crippen molar-refractivity contribution < 1.29 is 4.43 Å². The summed E-state index contributed by atoms with van der Waals surface area (Å²) in [6.45, 7) is 16.9. The molecule has 0 aliphatic heterocycles. The summed E-state index contributed by atoms with van der Waals surface area (Å²) in [6.07, 6.45) is 3.51. The minimum absolute atomic E-state index is 0.213. The third-order valence-electron chi connectivity index (χ3n) is 5.89. The van der Waals surface area contributed by atoms with E-state index >= 15 is 0 Å². The molecule has 0 amide bonds. The number of hydrogen-bond donors (Lipinski definition) is 0. The second-order valence-corrected chi connectivity index (χ2v) is 14.5. The molecule has 0 saturated carbocycles. The molecular formula is C26H38OSi.